The van der Waals surface area contributed by atoms with Gasteiger partial charge in [-0.2, -0.15) is 18.3 Å². The molecule has 23 heavy (non-hydrogen) atoms. The summed E-state index contributed by atoms with van der Waals surface area (Å²) in [7, 11) is 1.59. The van der Waals surface area contributed by atoms with Crippen molar-refractivity contribution < 1.29 is 13.2 Å². The van der Waals surface area contributed by atoms with Gasteiger partial charge in [0.15, 0.2) is 11.6 Å². The summed E-state index contributed by atoms with van der Waals surface area (Å²) in [5.41, 5.74) is 1.08. The molecule has 118 valence electrons. The normalized spacial score (nSPS) is 11.7. The summed E-state index contributed by atoms with van der Waals surface area (Å²) < 4.78 is 41.0. The zero-order valence-corrected chi connectivity index (χ0v) is 12.6. The average Bonchev–Trinajstić information content (AvgIpc) is 2.88. The number of halogens is 3. The lowest BCUT2D eigenvalue weighted by Gasteiger charge is -2.11. The van der Waals surface area contributed by atoms with Crippen LogP contribution < -0.4 is 0 Å². The van der Waals surface area contributed by atoms with Crippen LogP contribution in [-0.4, -0.2) is 14.8 Å². The van der Waals surface area contributed by atoms with Crippen LogP contribution in [0, 0.1) is 6.92 Å². The molecular weight excluding hydrogens is 303 g/mol. The number of hydrogen-bond donors (Lipinski definition) is 0. The molecule has 0 aliphatic rings. The van der Waals surface area contributed by atoms with Crippen molar-refractivity contribution in [1.82, 2.24) is 14.8 Å². The third-order valence-corrected chi connectivity index (χ3v) is 3.62. The number of nitrogens with zero attached hydrogens (tertiary/aromatic N) is 3. The SMILES string of the molecule is Cc1ccccc1-c1nc(-c2ccccc2C(F)(F)F)n(C)n1. The first kappa shape index (κ1) is 15.3. The van der Waals surface area contributed by atoms with E-state index in [4.69, 9.17) is 0 Å². The molecule has 3 nitrogen and oxygen atoms in total. The molecule has 0 aliphatic carbocycles. The summed E-state index contributed by atoms with van der Waals surface area (Å²) in [4.78, 5) is 4.34. The Kier molecular flexibility index (Phi) is 3.67. The molecule has 3 aromatic rings. The van der Waals surface area contributed by atoms with Gasteiger partial charge in [-0.05, 0) is 18.6 Å². The molecule has 1 aromatic heterocycles. The Labute approximate surface area is 131 Å². The van der Waals surface area contributed by atoms with E-state index in [1.54, 1.807) is 13.1 Å². The van der Waals surface area contributed by atoms with Gasteiger partial charge in [0.05, 0.1) is 5.56 Å². The van der Waals surface area contributed by atoms with Gasteiger partial charge in [0.1, 0.15) is 0 Å². The summed E-state index contributed by atoms with van der Waals surface area (Å²) in [6, 6.07) is 12.9. The Morgan fingerprint density at radius 2 is 1.52 bits per heavy atom. The fraction of sp³-hybridized carbons (Fsp3) is 0.176. The van der Waals surface area contributed by atoms with Crippen LogP contribution in [0.4, 0.5) is 13.2 Å². The maximum absolute atomic E-state index is 13.2. The Morgan fingerprint density at radius 1 is 0.913 bits per heavy atom. The molecule has 3 rings (SSSR count). The minimum absolute atomic E-state index is 0.0230. The molecule has 6 heteroatoms. The van der Waals surface area contributed by atoms with Gasteiger partial charge < -0.3 is 0 Å². The molecule has 0 saturated heterocycles. The number of aryl methyl sites for hydroxylation is 2. The van der Waals surface area contributed by atoms with E-state index < -0.39 is 11.7 Å². The zero-order valence-electron chi connectivity index (χ0n) is 12.6. The van der Waals surface area contributed by atoms with Gasteiger partial charge in [-0.25, -0.2) is 9.67 Å². The lowest BCUT2D eigenvalue weighted by Crippen LogP contribution is -2.08. The van der Waals surface area contributed by atoms with Crippen LogP contribution in [0.3, 0.4) is 0 Å². The standard InChI is InChI=1S/C17H14F3N3/c1-11-7-3-4-8-12(11)15-21-16(23(2)22-15)13-9-5-6-10-14(13)17(18,19)20/h3-10H,1-2H3. The lowest BCUT2D eigenvalue weighted by atomic mass is 10.1. The van der Waals surface area contributed by atoms with Gasteiger partial charge in [-0.15, -0.1) is 0 Å². The molecule has 2 aromatic carbocycles. The van der Waals surface area contributed by atoms with E-state index >= 15 is 0 Å². The van der Waals surface area contributed by atoms with E-state index in [1.165, 1.54) is 16.8 Å². The molecule has 0 bridgehead atoms. The first-order valence-corrected chi connectivity index (χ1v) is 7.01. The average molecular weight is 317 g/mol. The highest BCUT2D eigenvalue weighted by Gasteiger charge is 2.34. The highest BCUT2D eigenvalue weighted by atomic mass is 19.4. The molecule has 0 atom stereocenters. The van der Waals surface area contributed by atoms with Crippen molar-refractivity contribution in [3.8, 4) is 22.8 Å². The van der Waals surface area contributed by atoms with Crippen molar-refractivity contribution in [3.05, 3.63) is 59.7 Å². The van der Waals surface area contributed by atoms with E-state index in [-0.39, 0.29) is 11.4 Å². The minimum Gasteiger partial charge on any atom is -0.248 e. The number of benzene rings is 2. The fourth-order valence-corrected chi connectivity index (χ4v) is 2.48. The zero-order chi connectivity index (χ0) is 16.6. The molecule has 0 fully saturated rings. The predicted molar refractivity (Wildman–Crippen MR) is 81.6 cm³/mol. The fourth-order valence-electron chi connectivity index (χ4n) is 2.48. The van der Waals surface area contributed by atoms with Crippen LogP contribution >= 0.6 is 0 Å². The van der Waals surface area contributed by atoms with Crippen molar-refractivity contribution in [2.75, 3.05) is 0 Å². The first-order valence-electron chi connectivity index (χ1n) is 7.01. The van der Waals surface area contributed by atoms with Crippen LogP contribution in [0.5, 0.6) is 0 Å². The molecule has 0 unspecified atom stereocenters. The monoisotopic (exact) mass is 317 g/mol. The second kappa shape index (κ2) is 5.53. The third-order valence-electron chi connectivity index (χ3n) is 3.62. The molecule has 0 saturated carbocycles. The van der Waals surface area contributed by atoms with Gasteiger partial charge >= 0.3 is 6.18 Å². The molecule has 0 amide bonds. The van der Waals surface area contributed by atoms with Crippen LogP contribution in [0.25, 0.3) is 22.8 Å². The Bertz CT molecular complexity index is 850. The summed E-state index contributed by atoms with van der Waals surface area (Å²) >= 11 is 0. The van der Waals surface area contributed by atoms with Crippen molar-refractivity contribution in [2.45, 2.75) is 13.1 Å². The molecule has 1 heterocycles. The van der Waals surface area contributed by atoms with E-state index in [0.29, 0.717) is 5.82 Å². The van der Waals surface area contributed by atoms with Crippen LogP contribution in [0.15, 0.2) is 48.5 Å². The summed E-state index contributed by atoms with van der Waals surface area (Å²) in [5.74, 6) is 0.605. The Morgan fingerprint density at radius 3 is 2.17 bits per heavy atom. The van der Waals surface area contributed by atoms with E-state index in [2.05, 4.69) is 10.1 Å². The van der Waals surface area contributed by atoms with Crippen molar-refractivity contribution in [1.29, 1.82) is 0 Å². The molecule has 0 aliphatic heterocycles. The maximum Gasteiger partial charge on any atom is 0.417 e. The second-order valence-corrected chi connectivity index (χ2v) is 5.24. The van der Waals surface area contributed by atoms with Crippen molar-refractivity contribution in [3.63, 3.8) is 0 Å². The summed E-state index contributed by atoms with van der Waals surface area (Å²) in [6.45, 7) is 1.91. The Hall–Kier alpha value is -2.63. The smallest absolute Gasteiger partial charge is 0.248 e. The molecule has 0 spiro atoms. The minimum atomic E-state index is -4.44. The first-order chi connectivity index (χ1) is 10.9. The summed E-state index contributed by atoms with van der Waals surface area (Å²) in [5, 5.41) is 4.28. The highest BCUT2D eigenvalue weighted by molar-refractivity contribution is 5.66. The van der Waals surface area contributed by atoms with Gasteiger partial charge in [0.25, 0.3) is 0 Å². The van der Waals surface area contributed by atoms with Crippen molar-refractivity contribution >= 4 is 0 Å². The quantitative estimate of drug-likeness (QED) is 0.698. The van der Waals surface area contributed by atoms with Gasteiger partial charge in [-0.3, -0.25) is 0 Å². The van der Waals surface area contributed by atoms with Crippen LogP contribution in [-0.2, 0) is 13.2 Å². The highest BCUT2D eigenvalue weighted by Crippen LogP contribution is 2.36. The largest absolute Gasteiger partial charge is 0.417 e. The van der Waals surface area contributed by atoms with Crippen molar-refractivity contribution in [2.24, 2.45) is 7.05 Å². The molecular formula is C17H14F3N3. The van der Waals surface area contributed by atoms with E-state index in [0.717, 1.165) is 17.2 Å². The Balaban J connectivity index is 2.16. The van der Waals surface area contributed by atoms with Crippen LogP contribution in [0.2, 0.25) is 0 Å². The van der Waals surface area contributed by atoms with Crippen LogP contribution in [0.1, 0.15) is 11.1 Å². The second-order valence-electron chi connectivity index (χ2n) is 5.24. The predicted octanol–water partition coefficient (Wildman–Crippen LogP) is 4.48. The third kappa shape index (κ3) is 2.84. The van der Waals surface area contributed by atoms with Gasteiger partial charge in [-0.1, -0.05) is 42.5 Å². The van der Waals surface area contributed by atoms with Gasteiger partial charge in [0, 0.05) is 18.2 Å². The maximum atomic E-state index is 13.2. The number of rotatable bonds is 2. The molecule has 0 radical (unpaired) electrons. The molecule has 0 N–H and O–H groups in total. The number of alkyl halides is 3. The van der Waals surface area contributed by atoms with Gasteiger partial charge in [0.2, 0.25) is 0 Å². The lowest BCUT2D eigenvalue weighted by molar-refractivity contribution is -0.137. The summed E-state index contributed by atoms with van der Waals surface area (Å²) in [6.07, 6.45) is -4.44. The number of aromatic nitrogens is 3. The topological polar surface area (TPSA) is 30.7 Å². The number of hydrogen-bond acceptors (Lipinski definition) is 2. The van der Waals surface area contributed by atoms with E-state index in [1.807, 2.05) is 31.2 Å². The van der Waals surface area contributed by atoms with E-state index in [9.17, 15) is 13.2 Å².